The zero-order valence-electron chi connectivity index (χ0n) is 12.2. The summed E-state index contributed by atoms with van der Waals surface area (Å²) in [4.78, 5) is 25.8. The van der Waals surface area contributed by atoms with Crippen LogP contribution in [0.1, 0.15) is 27.8 Å². The molecule has 0 aliphatic carbocycles. The highest BCUT2D eigenvalue weighted by Crippen LogP contribution is 2.31. The molecule has 0 amide bonds. The monoisotopic (exact) mass is 354 g/mol. The van der Waals surface area contributed by atoms with Crippen molar-refractivity contribution in [1.29, 1.82) is 0 Å². The van der Waals surface area contributed by atoms with Crippen LogP contribution in [0.3, 0.4) is 0 Å². The number of alkyl halides is 3. The van der Waals surface area contributed by atoms with Gasteiger partial charge in [0.1, 0.15) is 5.69 Å². The highest BCUT2D eigenvalue weighted by atomic mass is 35.6. The number of nitrogens with zero attached hydrogens (tertiary/aromatic N) is 2. The second-order valence-electron chi connectivity index (χ2n) is 4.90. The van der Waals surface area contributed by atoms with Gasteiger partial charge in [0.15, 0.2) is 0 Å². The van der Waals surface area contributed by atoms with Crippen molar-refractivity contribution < 1.29 is 14.3 Å². The van der Waals surface area contributed by atoms with Crippen LogP contribution in [0.25, 0.3) is 0 Å². The predicted molar refractivity (Wildman–Crippen MR) is 83.5 cm³/mol. The van der Waals surface area contributed by atoms with Gasteiger partial charge >= 0.3 is 5.97 Å². The lowest BCUT2D eigenvalue weighted by atomic mass is 10.2. The molecule has 1 unspecified atom stereocenters. The summed E-state index contributed by atoms with van der Waals surface area (Å²) in [6.45, 7) is 2.47. The van der Waals surface area contributed by atoms with Crippen LogP contribution in [0.5, 0.6) is 0 Å². The van der Waals surface area contributed by atoms with Gasteiger partial charge in [0, 0.05) is 24.3 Å². The number of likely N-dealkylation sites (N-methyl/N-ethyl adjacent to an activating group) is 1. The van der Waals surface area contributed by atoms with E-state index < -0.39 is 15.5 Å². The van der Waals surface area contributed by atoms with Gasteiger partial charge in [-0.2, -0.15) is 0 Å². The molecule has 1 aromatic heterocycles. The van der Waals surface area contributed by atoms with Crippen molar-refractivity contribution in [1.82, 2.24) is 9.47 Å². The van der Waals surface area contributed by atoms with Crippen molar-refractivity contribution in [3.8, 4) is 0 Å². The number of ether oxygens (including phenoxy) is 1. The predicted octanol–water partition coefficient (Wildman–Crippen LogP) is 2.78. The first-order valence-electron chi connectivity index (χ1n) is 6.14. The van der Waals surface area contributed by atoms with Crippen LogP contribution in [-0.4, -0.2) is 52.3 Å². The number of carbonyl (C=O) groups excluding carboxylic acids is 2. The first-order chi connectivity index (χ1) is 9.57. The van der Waals surface area contributed by atoms with Crippen LogP contribution in [0.15, 0.2) is 12.3 Å². The molecule has 0 bridgehead atoms. The quantitative estimate of drug-likeness (QED) is 0.463. The normalized spacial score (nSPS) is 13.3. The summed E-state index contributed by atoms with van der Waals surface area (Å²) in [5.74, 6) is -1.24. The summed E-state index contributed by atoms with van der Waals surface area (Å²) in [6.07, 6.45) is 1.50. The van der Waals surface area contributed by atoms with Gasteiger partial charge in [-0.1, -0.05) is 34.8 Å². The Morgan fingerprint density at radius 3 is 2.38 bits per heavy atom. The number of Topliss-reactive ketones (excluding diaryl/α,β-unsaturated/α-hetero) is 1. The average molecular weight is 356 g/mol. The molecule has 1 aromatic rings. The topological polar surface area (TPSA) is 51.5 Å². The lowest BCUT2D eigenvalue weighted by molar-refractivity contribution is 0.0586. The second kappa shape index (κ2) is 7.01. The Balaban J connectivity index is 3.19. The number of aromatic nitrogens is 1. The Labute approximate surface area is 138 Å². The highest BCUT2D eigenvalue weighted by molar-refractivity contribution is 6.77. The summed E-state index contributed by atoms with van der Waals surface area (Å²) in [7, 11) is 5.10. The molecule has 0 saturated heterocycles. The Kier molecular flexibility index (Phi) is 6.11. The van der Waals surface area contributed by atoms with Gasteiger partial charge in [0.05, 0.1) is 7.11 Å². The molecule has 0 aliphatic heterocycles. The number of carbonyl (C=O) groups is 2. The fraction of sp³-hybridized carbons (Fsp3) is 0.538. The number of rotatable bonds is 5. The molecule has 0 aliphatic rings. The summed E-state index contributed by atoms with van der Waals surface area (Å²) < 4.78 is 4.28. The molecule has 0 fully saturated rings. The molecule has 0 N–H and O–H groups in total. The van der Waals surface area contributed by atoms with E-state index in [4.69, 9.17) is 39.5 Å². The molecular formula is C13H17Cl3N2O3. The van der Waals surface area contributed by atoms with Gasteiger partial charge in [-0.25, -0.2) is 4.79 Å². The van der Waals surface area contributed by atoms with Gasteiger partial charge in [-0.05, 0) is 27.1 Å². The summed E-state index contributed by atoms with van der Waals surface area (Å²) in [5.41, 5.74) is 0.394. The Hall–Kier alpha value is -0.750. The molecular weight excluding hydrogens is 339 g/mol. The number of halogens is 3. The van der Waals surface area contributed by atoms with E-state index in [-0.39, 0.29) is 17.3 Å². The van der Waals surface area contributed by atoms with Gasteiger partial charge in [0.2, 0.25) is 5.78 Å². The average Bonchev–Trinajstić information content (AvgIpc) is 2.79. The van der Waals surface area contributed by atoms with E-state index in [0.717, 1.165) is 0 Å². The van der Waals surface area contributed by atoms with Crippen molar-refractivity contribution in [2.45, 2.75) is 23.3 Å². The number of hydrogen-bond donors (Lipinski definition) is 0. The first-order valence-corrected chi connectivity index (χ1v) is 7.27. The van der Waals surface area contributed by atoms with Crippen molar-refractivity contribution >= 4 is 46.6 Å². The van der Waals surface area contributed by atoms with E-state index in [1.807, 2.05) is 25.9 Å². The number of hydrogen-bond acceptors (Lipinski definition) is 4. The van der Waals surface area contributed by atoms with E-state index in [9.17, 15) is 9.59 Å². The fourth-order valence-corrected chi connectivity index (χ4v) is 2.00. The smallest absolute Gasteiger partial charge is 0.354 e. The van der Waals surface area contributed by atoms with Crippen LogP contribution in [0, 0.1) is 0 Å². The maximum Gasteiger partial charge on any atom is 0.354 e. The second-order valence-corrected chi connectivity index (χ2v) is 7.18. The maximum atomic E-state index is 12.0. The Bertz CT molecular complexity index is 535. The zero-order valence-corrected chi connectivity index (χ0v) is 14.5. The standard InChI is InChI=1S/C13H17Cl3N2O3/c1-8(17(2)3)6-18-7-9(11(19)13(14,15)16)5-10(18)12(20)21-4/h5,7-8H,6H2,1-4H3. The van der Waals surface area contributed by atoms with Crippen molar-refractivity contribution in [2.75, 3.05) is 21.2 Å². The minimum atomic E-state index is -2.06. The van der Waals surface area contributed by atoms with Crippen LogP contribution < -0.4 is 0 Å². The SMILES string of the molecule is COC(=O)c1cc(C(=O)C(Cl)(Cl)Cl)cn1CC(C)N(C)C. The molecule has 21 heavy (non-hydrogen) atoms. The zero-order chi connectivity index (χ0) is 16.4. The summed E-state index contributed by atoms with van der Waals surface area (Å²) >= 11 is 16.8. The van der Waals surface area contributed by atoms with Crippen molar-refractivity contribution in [3.05, 3.63) is 23.5 Å². The molecule has 1 atom stereocenters. The largest absolute Gasteiger partial charge is 0.464 e. The molecule has 1 rings (SSSR count). The van der Waals surface area contributed by atoms with Crippen LogP contribution in [0.2, 0.25) is 0 Å². The third-order valence-corrected chi connectivity index (χ3v) is 3.67. The van der Waals surface area contributed by atoms with E-state index in [1.54, 1.807) is 4.57 Å². The molecule has 118 valence electrons. The minimum absolute atomic E-state index is 0.136. The van der Waals surface area contributed by atoms with E-state index in [1.165, 1.54) is 19.4 Å². The minimum Gasteiger partial charge on any atom is -0.464 e. The highest BCUT2D eigenvalue weighted by Gasteiger charge is 2.33. The number of methoxy groups -OCH3 is 1. The van der Waals surface area contributed by atoms with Gasteiger partial charge in [0.25, 0.3) is 3.79 Å². The van der Waals surface area contributed by atoms with Gasteiger partial charge in [-0.15, -0.1) is 0 Å². The van der Waals surface area contributed by atoms with Crippen LogP contribution >= 0.6 is 34.8 Å². The van der Waals surface area contributed by atoms with E-state index in [2.05, 4.69) is 0 Å². The number of esters is 1. The molecule has 0 aromatic carbocycles. The maximum absolute atomic E-state index is 12.0. The summed E-state index contributed by atoms with van der Waals surface area (Å²) in [6, 6.07) is 1.51. The van der Waals surface area contributed by atoms with E-state index >= 15 is 0 Å². The Morgan fingerprint density at radius 1 is 1.38 bits per heavy atom. The van der Waals surface area contributed by atoms with Crippen molar-refractivity contribution in [2.24, 2.45) is 0 Å². The van der Waals surface area contributed by atoms with Crippen molar-refractivity contribution in [3.63, 3.8) is 0 Å². The molecule has 0 spiro atoms. The summed E-state index contributed by atoms with van der Waals surface area (Å²) in [5, 5.41) is 0. The van der Waals surface area contributed by atoms with Gasteiger partial charge < -0.3 is 14.2 Å². The lowest BCUT2D eigenvalue weighted by Crippen LogP contribution is -2.30. The van der Waals surface area contributed by atoms with Crippen LogP contribution in [-0.2, 0) is 11.3 Å². The molecule has 1 heterocycles. The molecule has 0 saturated carbocycles. The van der Waals surface area contributed by atoms with E-state index in [0.29, 0.717) is 6.54 Å². The van der Waals surface area contributed by atoms with Crippen LogP contribution in [0.4, 0.5) is 0 Å². The first kappa shape index (κ1) is 18.3. The molecule has 5 nitrogen and oxygen atoms in total. The third-order valence-electron chi connectivity index (χ3n) is 3.15. The number of ketones is 1. The van der Waals surface area contributed by atoms with Gasteiger partial charge in [-0.3, -0.25) is 4.79 Å². The molecule has 0 radical (unpaired) electrons. The Morgan fingerprint density at radius 2 is 1.95 bits per heavy atom. The molecule has 8 heteroatoms. The fourth-order valence-electron chi connectivity index (χ4n) is 1.67. The third kappa shape index (κ3) is 4.61. The lowest BCUT2D eigenvalue weighted by Gasteiger charge is -2.21.